The first-order valence-electron chi connectivity index (χ1n) is 5.03. The zero-order valence-electron chi connectivity index (χ0n) is 9.71. The van der Waals surface area contributed by atoms with E-state index in [1.807, 2.05) is 0 Å². The predicted molar refractivity (Wildman–Crippen MR) is 58.6 cm³/mol. The quantitative estimate of drug-likeness (QED) is 0.709. The largest absolute Gasteiger partial charge is 0.481 e. The molecule has 1 amide bonds. The maximum atomic E-state index is 11.7. The smallest absolute Gasteiger partial charge is 0.306 e. The minimum absolute atomic E-state index is 0.146. The monoisotopic (exact) mass is 241 g/mol. The van der Waals surface area contributed by atoms with Crippen molar-refractivity contribution >= 4 is 11.9 Å². The van der Waals surface area contributed by atoms with Gasteiger partial charge in [0, 0.05) is 20.7 Å². The summed E-state index contributed by atoms with van der Waals surface area (Å²) in [6, 6.07) is 0. The summed E-state index contributed by atoms with van der Waals surface area (Å²) < 4.78 is 6.52. The molecule has 94 valence electrons. The van der Waals surface area contributed by atoms with Crippen molar-refractivity contribution in [2.75, 3.05) is 13.7 Å². The first kappa shape index (κ1) is 13.2. The Labute approximate surface area is 98.4 Å². The van der Waals surface area contributed by atoms with Crippen LogP contribution in [0.2, 0.25) is 0 Å². The summed E-state index contributed by atoms with van der Waals surface area (Å²) in [5, 5.41) is 11.2. The zero-order valence-corrected chi connectivity index (χ0v) is 9.71. The molecule has 0 saturated carbocycles. The van der Waals surface area contributed by atoms with E-state index in [1.54, 1.807) is 11.6 Å². The molecule has 1 aromatic heterocycles. The van der Waals surface area contributed by atoms with Crippen LogP contribution < -0.4 is 5.32 Å². The van der Waals surface area contributed by atoms with Crippen molar-refractivity contribution in [1.29, 1.82) is 0 Å². The Morgan fingerprint density at radius 3 is 2.82 bits per heavy atom. The van der Waals surface area contributed by atoms with Gasteiger partial charge in [-0.05, 0) is 0 Å². The Kier molecular flexibility index (Phi) is 4.65. The Morgan fingerprint density at radius 1 is 1.65 bits per heavy atom. The summed E-state index contributed by atoms with van der Waals surface area (Å²) >= 11 is 0. The minimum Gasteiger partial charge on any atom is -0.481 e. The average molecular weight is 241 g/mol. The number of methoxy groups -OCH3 is 1. The third-order valence-corrected chi connectivity index (χ3v) is 2.28. The van der Waals surface area contributed by atoms with Crippen molar-refractivity contribution in [2.24, 2.45) is 7.05 Å². The van der Waals surface area contributed by atoms with Crippen LogP contribution in [0.25, 0.3) is 0 Å². The second kappa shape index (κ2) is 6.00. The fraction of sp³-hybridized carbons (Fsp3) is 0.500. The lowest BCUT2D eigenvalue weighted by Gasteiger charge is -2.13. The number of hydrogen-bond acceptors (Lipinski definition) is 4. The molecule has 2 N–H and O–H groups in total. The van der Waals surface area contributed by atoms with E-state index in [2.05, 4.69) is 10.3 Å². The van der Waals surface area contributed by atoms with Crippen molar-refractivity contribution in [3.8, 4) is 0 Å². The van der Waals surface area contributed by atoms with E-state index in [4.69, 9.17) is 9.84 Å². The predicted octanol–water partition coefficient (Wildman–Crippen LogP) is -0.360. The van der Waals surface area contributed by atoms with Gasteiger partial charge in [-0.1, -0.05) is 0 Å². The average Bonchev–Trinajstić information content (AvgIpc) is 2.69. The molecular weight excluding hydrogens is 226 g/mol. The molecule has 1 unspecified atom stereocenters. The van der Waals surface area contributed by atoms with Gasteiger partial charge in [0.25, 0.3) is 5.91 Å². The van der Waals surface area contributed by atoms with Gasteiger partial charge < -0.3 is 19.7 Å². The third kappa shape index (κ3) is 3.87. The van der Waals surface area contributed by atoms with Gasteiger partial charge in [-0.15, -0.1) is 0 Å². The standard InChI is InChI=1S/C10H15N3O4/c1-13-6-11-5-8(13)10(16)12-4-7(17-2)3-9(14)15/h5-7H,3-4H2,1-2H3,(H,12,16)(H,14,15). The lowest BCUT2D eigenvalue weighted by molar-refractivity contribution is -0.139. The van der Waals surface area contributed by atoms with Crippen LogP contribution in [0.5, 0.6) is 0 Å². The number of carboxylic acid groups (broad SMARTS) is 1. The van der Waals surface area contributed by atoms with E-state index in [-0.39, 0.29) is 18.9 Å². The van der Waals surface area contributed by atoms with E-state index in [9.17, 15) is 9.59 Å². The second-order valence-corrected chi connectivity index (χ2v) is 3.56. The van der Waals surface area contributed by atoms with Gasteiger partial charge in [-0.2, -0.15) is 0 Å². The third-order valence-electron chi connectivity index (χ3n) is 2.28. The first-order valence-corrected chi connectivity index (χ1v) is 5.03. The van der Waals surface area contributed by atoms with Gasteiger partial charge in [-0.3, -0.25) is 9.59 Å². The molecule has 7 nitrogen and oxygen atoms in total. The number of carbonyl (C=O) groups is 2. The molecule has 0 fully saturated rings. The van der Waals surface area contributed by atoms with Crippen LogP contribution in [-0.4, -0.2) is 46.3 Å². The summed E-state index contributed by atoms with van der Waals surface area (Å²) in [6.07, 6.45) is 2.26. The lowest BCUT2D eigenvalue weighted by Crippen LogP contribution is -2.35. The van der Waals surface area contributed by atoms with Crippen LogP contribution in [0.4, 0.5) is 0 Å². The normalized spacial score (nSPS) is 12.1. The highest BCUT2D eigenvalue weighted by Crippen LogP contribution is 1.99. The topological polar surface area (TPSA) is 93.5 Å². The van der Waals surface area contributed by atoms with E-state index in [0.717, 1.165) is 0 Å². The van der Waals surface area contributed by atoms with Crippen molar-refractivity contribution < 1.29 is 19.4 Å². The molecule has 0 spiro atoms. The number of carboxylic acids is 1. The Hall–Kier alpha value is -1.89. The van der Waals surface area contributed by atoms with Crippen molar-refractivity contribution in [1.82, 2.24) is 14.9 Å². The Bertz CT molecular complexity index is 402. The molecular formula is C10H15N3O4. The van der Waals surface area contributed by atoms with Crippen molar-refractivity contribution in [3.05, 3.63) is 18.2 Å². The number of aryl methyl sites for hydroxylation is 1. The Morgan fingerprint density at radius 2 is 2.35 bits per heavy atom. The molecule has 1 aromatic rings. The lowest BCUT2D eigenvalue weighted by atomic mass is 10.2. The number of carbonyl (C=O) groups excluding carboxylic acids is 1. The number of ether oxygens (including phenoxy) is 1. The van der Waals surface area contributed by atoms with Gasteiger partial charge in [0.05, 0.1) is 25.0 Å². The molecule has 1 heterocycles. The molecule has 0 radical (unpaired) electrons. The molecule has 0 saturated heterocycles. The number of nitrogens with one attached hydrogen (secondary N) is 1. The summed E-state index contributed by atoms with van der Waals surface area (Å²) in [5.74, 6) is -1.27. The number of imidazole rings is 1. The first-order chi connectivity index (χ1) is 8.04. The van der Waals surface area contributed by atoms with Gasteiger partial charge in [0.15, 0.2) is 0 Å². The maximum Gasteiger partial charge on any atom is 0.306 e. The highest BCUT2D eigenvalue weighted by molar-refractivity contribution is 5.92. The zero-order chi connectivity index (χ0) is 12.8. The van der Waals surface area contributed by atoms with Crippen molar-refractivity contribution in [3.63, 3.8) is 0 Å². The number of aliphatic carboxylic acids is 1. The molecule has 0 bridgehead atoms. The van der Waals surface area contributed by atoms with Gasteiger partial charge in [0.2, 0.25) is 0 Å². The molecule has 0 aromatic carbocycles. The van der Waals surface area contributed by atoms with Gasteiger partial charge in [-0.25, -0.2) is 4.98 Å². The van der Waals surface area contributed by atoms with E-state index >= 15 is 0 Å². The molecule has 1 rings (SSSR count). The number of aromatic nitrogens is 2. The number of amides is 1. The highest BCUT2D eigenvalue weighted by Gasteiger charge is 2.15. The summed E-state index contributed by atoms with van der Waals surface area (Å²) in [7, 11) is 3.11. The molecule has 17 heavy (non-hydrogen) atoms. The van der Waals surface area contributed by atoms with Crippen LogP contribution in [0.15, 0.2) is 12.5 Å². The molecule has 0 aliphatic heterocycles. The van der Waals surface area contributed by atoms with Crippen LogP contribution in [0, 0.1) is 0 Å². The minimum atomic E-state index is -0.966. The van der Waals surface area contributed by atoms with Crippen LogP contribution in [0.3, 0.4) is 0 Å². The summed E-state index contributed by atoms with van der Waals surface area (Å²) in [4.78, 5) is 26.0. The van der Waals surface area contributed by atoms with Crippen LogP contribution in [0.1, 0.15) is 16.9 Å². The van der Waals surface area contributed by atoms with E-state index in [0.29, 0.717) is 5.69 Å². The Balaban J connectivity index is 2.47. The van der Waals surface area contributed by atoms with E-state index < -0.39 is 12.1 Å². The van der Waals surface area contributed by atoms with Crippen LogP contribution in [-0.2, 0) is 16.6 Å². The molecule has 1 atom stereocenters. The second-order valence-electron chi connectivity index (χ2n) is 3.56. The van der Waals surface area contributed by atoms with Crippen LogP contribution >= 0.6 is 0 Å². The van der Waals surface area contributed by atoms with Crippen molar-refractivity contribution in [2.45, 2.75) is 12.5 Å². The fourth-order valence-corrected chi connectivity index (χ4v) is 1.31. The fourth-order valence-electron chi connectivity index (χ4n) is 1.31. The highest BCUT2D eigenvalue weighted by atomic mass is 16.5. The number of nitrogens with zero attached hydrogens (tertiary/aromatic N) is 2. The molecule has 7 heteroatoms. The SMILES string of the molecule is COC(CNC(=O)c1cncn1C)CC(=O)O. The number of rotatable bonds is 6. The van der Waals surface area contributed by atoms with E-state index in [1.165, 1.54) is 19.6 Å². The van der Waals surface area contributed by atoms with Gasteiger partial charge in [0.1, 0.15) is 5.69 Å². The molecule has 0 aliphatic carbocycles. The maximum absolute atomic E-state index is 11.7. The summed E-state index contributed by atoms with van der Waals surface area (Å²) in [5.41, 5.74) is 0.412. The number of hydrogen-bond donors (Lipinski definition) is 2. The molecule has 0 aliphatic rings. The van der Waals surface area contributed by atoms with Gasteiger partial charge >= 0.3 is 5.97 Å². The summed E-state index contributed by atoms with van der Waals surface area (Å²) in [6.45, 7) is 0.146.